The molecule has 1 aliphatic carbocycles. The van der Waals surface area contributed by atoms with E-state index in [2.05, 4.69) is 181 Å². The molecule has 0 aliphatic heterocycles. The number of hydrogen-bond acceptors (Lipinski definition) is 2. The second kappa shape index (κ2) is 12.2. The Hall–Kier alpha value is -5.70. The molecule has 0 saturated heterocycles. The molecule has 0 spiro atoms. The molecule has 0 amide bonds. The normalized spacial score (nSPS) is 13.1. The quantitative estimate of drug-likeness (QED) is 0.176. The minimum atomic E-state index is 1.04. The number of hydrogen-bond donors (Lipinski definition) is 0. The first-order valence-corrected chi connectivity index (χ1v) is 17.5. The summed E-state index contributed by atoms with van der Waals surface area (Å²) >= 11 is 1.86. The van der Waals surface area contributed by atoms with E-state index in [0.29, 0.717) is 0 Å². The van der Waals surface area contributed by atoms with Crippen molar-refractivity contribution in [2.75, 3.05) is 4.90 Å². The summed E-state index contributed by atoms with van der Waals surface area (Å²) in [5, 5.41) is 5.09. The molecule has 1 heterocycles. The lowest BCUT2D eigenvalue weighted by atomic mass is 9.90. The minimum Gasteiger partial charge on any atom is -0.309 e. The molecular weight excluding hydrogens is 599 g/mol. The summed E-state index contributed by atoms with van der Waals surface area (Å²) in [4.78, 5) is 2.44. The van der Waals surface area contributed by atoms with Gasteiger partial charge in [0, 0.05) is 36.8 Å². The summed E-state index contributed by atoms with van der Waals surface area (Å²) in [7, 11) is 0. The SMILES string of the molecule is C1=C(c2ccccc2)CCC(c2ccc(N(c3ccccc3-c3ccc4sc5ccccc5c4c3)c3cccc4ccccc34)cc2)=C1. The maximum absolute atomic E-state index is 2.44. The number of benzene rings is 7. The fourth-order valence-electron chi connectivity index (χ4n) is 7.21. The Morgan fingerprint density at radius 2 is 1.02 bits per heavy atom. The Labute approximate surface area is 285 Å². The third kappa shape index (κ3) is 5.12. The van der Waals surface area contributed by atoms with Crippen molar-refractivity contribution < 1.29 is 0 Å². The van der Waals surface area contributed by atoms with Crippen LogP contribution in [0.2, 0.25) is 0 Å². The topological polar surface area (TPSA) is 3.24 Å². The first-order valence-electron chi connectivity index (χ1n) is 16.6. The summed E-state index contributed by atoms with van der Waals surface area (Å²) in [5.74, 6) is 0. The van der Waals surface area contributed by atoms with Gasteiger partial charge in [-0.2, -0.15) is 0 Å². The Morgan fingerprint density at radius 3 is 1.83 bits per heavy atom. The van der Waals surface area contributed by atoms with E-state index in [1.54, 1.807) is 0 Å². The van der Waals surface area contributed by atoms with E-state index in [-0.39, 0.29) is 0 Å². The number of para-hydroxylation sites is 1. The van der Waals surface area contributed by atoms with Crippen molar-refractivity contribution in [2.45, 2.75) is 12.8 Å². The highest BCUT2D eigenvalue weighted by atomic mass is 32.1. The van der Waals surface area contributed by atoms with E-state index >= 15 is 0 Å². The van der Waals surface area contributed by atoms with Crippen molar-refractivity contribution in [3.05, 3.63) is 187 Å². The first kappa shape index (κ1) is 28.5. The highest BCUT2D eigenvalue weighted by Gasteiger charge is 2.20. The second-order valence-corrected chi connectivity index (χ2v) is 13.5. The zero-order valence-electron chi connectivity index (χ0n) is 26.5. The maximum atomic E-state index is 2.44. The molecule has 0 radical (unpaired) electrons. The number of allylic oxidation sites excluding steroid dienone is 4. The van der Waals surface area contributed by atoms with Gasteiger partial charge in [-0.1, -0.05) is 133 Å². The van der Waals surface area contributed by atoms with Crippen LogP contribution < -0.4 is 4.90 Å². The predicted molar refractivity (Wildman–Crippen MR) is 209 cm³/mol. The van der Waals surface area contributed by atoms with Crippen LogP contribution in [0.1, 0.15) is 24.0 Å². The van der Waals surface area contributed by atoms with E-state index in [4.69, 9.17) is 0 Å². The highest BCUT2D eigenvalue weighted by molar-refractivity contribution is 7.25. The molecule has 0 fully saturated rings. The summed E-state index contributed by atoms with van der Waals surface area (Å²) in [6.07, 6.45) is 6.70. The fraction of sp³-hybridized carbons (Fsp3) is 0.0435. The largest absolute Gasteiger partial charge is 0.309 e. The van der Waals surface area contributed by atoms with E-state index in [9.17, 15) is 0 Å². The molecule has 1 nitrogen and oxygen atoms in total. The van der Waals surface area contributed by atoms with Crippen molar-refractivity contribution in [3.63, 3.8) is 0 Å². The highest BCUT2D eigenvalue weighted by Crippen LogP contribution is 2.45. The second-order valence-electron chi connectivity index (χ2n) is 12.5. The van der Waals surface area contributed by atoms with Gasteiger partial charge in [-0.25, -0.2) is 0 Å². The number of nitrogens with zero attached hydrogens (tertiary/aromatic N) is 1. The molecule has 1 aromatic heterocycles. The summed E-state index contributed by atoms with van der Waals surface area (Å²) in [6, 6.07) is 59.8. The molecule has 1 aliphatic rings. The molecular formula is C46H33NS. The van der Waals surface area contributed by atoms with Crippen LogP contribution in [0.3, 0.4) is 0 Å². The smallest absolute Gasteiger partial charge is 0.0540 e. The lowest BCUT2D eigenvalue weighted by Crippen LogP contribution is -2.11. The van der Waals surface area contributed by atoms with E-state index in [1.165, 1.54) is 70.0 Å². The van der Waals surface area contributed by atoms with Crippen molar-refractivity contribution >= 4 is 70.5 Å². The van der Waals surface area contributed by atoms with Gasteiger partial charge in [0.25, 0.3) is 0 Å². The van der Waals surface area contributed by atoms with Gasteiger partial charge in [-0.3, -0.25) is 0 Å². The van der Waals surface area contributed by atoms with Crippen LogP contribution in [-0.2, 0) is 0 Å². The zero-order valence-corrected chi connectivity index (χ0v) is 27.3. The maximum Gasteiger partial charge on any atom is 0.0540 e. The van der Waals surface area contributed by atoms with Gasteiger partial charge < -0.3 is 4.90 Å². The standard InChI is InChI=1S/C46H33NS/c1-2-11-32(12-3-1)33-21-23-34(24-22-33)35-25-28-38(29-26-35)47(44-19-10-14-36-13-4-5-15-39(36)44)43-18-8-6-16-40(43)37-27-30-46-42(31-37)41-17-7-9-20-45(41)48-46/h1-21,23,25-31H,22,24H2. The van der Waals surface area contributed by atoms with Crippen LogP contribution in [0.5, 0.6) is 0 Å². The fourth-order valence-corrected chi connectivity index (χ4v) is 8.30. The molecule has 0 unspecified atom stereocenters. The van der Waals surface area contributed by atoms with E-state index in [0.717, 1.165) is 24.2 Å². The van der Waals surface area contributed by atoms with Gasteiger partial charge in [0.2, 0.25) is 0 Å². The third-order valence-electron chi connectivity index (χ3n) is 9.63. The molecule has 9 rings (SSSR count). The summed E-state index contributed by atoms with van der Waals surface area (Å²) in [5.41, 5.74) is 11.3. The molecule has 0 bridgehead atoms. The molecule has 0 atom stereocenters. The average Bonchev–Trinajstić information content (AvgIpc) is 3.54. The number of thiophene rings is 1. The van der Waals surface area contributed by atoms with Crippen LogP contribution in [0, 0.1) is 0 Å². The van der Waals surface area contributed by atoms with E-state index in [1.807, 2.05) is 11.3 Å². The van der Waals surface area contributed by atoms with Crippen LogP contribution >= 0.6 is 11.3 Å². The van der Waals surface area contributed by atoms with Gasteiger partial charge in [0.05, 0.1) is 11.4 Å². The Balaban J connectivity index is 1.17. The van der Waals surface area contributed by atoms with Gasteiger partial charge >= 0.3 is 0 Å². The third-order valence-corrected chi connectivity index (χ3v) is 10.8. The van der Waals surface area contributed by atoms with Crippen LogP contribution in [-0.4, -0.2) is 0 Å². The van der Waals surface area contributed by atoms with Crippen LogP contribution in [0.15, 0.2) is 176 Å². The van der Waals surface area contributed by atoms with Crippen LogP contribution in [0.4, 0.5) is 17.1 Å². The van der Waals surface area contributed by atoms with Crippen molar-refractivity contribution in [1.82, 2.24) is 0 Å². The Kier molecular flexibility index (Phi) is 7.22. The lowest BCUT2D eigenvalue weighted by Gasteiger charge is -2.29. The first-order chi connectivity index (χ1) is 23.8. The van der Waals surface area contributed by atoms with Gasteiger partial charge in [-0.15, -0.1) is 11.3 Å². The molecule has 0 saturated carbocycles. The lowest BCUT2D eigenvalue weighted by molar-refractivity contribution is 1.07. The number of rotatable bonds is 6. The van der Waals surface area contributed by atoms with Crippen molar-refractivity contribution in [2.24, 2.45) is 0 Å². The van der Waals surface area contributed by atoms with Crippen LogP contribution in [0.25, 0.3) is 53.2 Å². The molecule has 8 aromatic rings. The monoisotopic (exact) mass is 631 g/mol. The predicted octanol–water partition coefficient (Wildman–Crippen LogP) is 13.6. The summed E-state index contributed by atoms with van der Waals surface area (Å²) in [6.45, 7) is 0. The van der Waals surface area contributed by atoms with Gasteiger partial charge in [0.1, 0.15) is 0 Å². The van der Waals surface area contributed by atoms with Crippen molar-refractivity contribution in [1.29, 1.82) is 0 Å². The molecule has 228 valence electrons. The molecule has 7 aromatic carbocycles. The average molecular weight is 632 g/mol. The molecule has 48 heavy (non-hydrogen) atoms. The Morgan fingerprint density at radius 1 is 0.417 bits per heavy atom. The van der Waals surface area contributed by atoms with Gasteiger partial charge in [0.15, 0.2) is 0 Å². The Bertz CT molecular complexity index is 2490. The number of fused-ring (bicyclic) bond motifs is 4. The summed E-state index contributed by atoms with van der Waals surface area (Å²) < 4.78 is 2.65. The van der Waals surface area contributed by atoms with Gasteiger partial charge in [-0.05, 0) is 88.5 Å². The van der Waals surface area contributed by atoms with E-state index < -0.39 is 0 Å². The number of anilines is 3. The van der Waals surface area contributed by atoms with Crippen molar-refractivity contribution in [3.8, 4) is 11.1 Å². The zero-order chi connectivity index (χ0) is 31.9. The molecule has 0 N–H and O–H groups in total. The minimum absolute atomic E-state index is 1.04. The molecule has 2 heteroatoms.